The summed E-state index contributed by atoms with van der Waals surface area (Å²) in [6.45, 7) is 8.02. The summed E-state index contributed by atoms with van der Waals surface area (Å²) in [7, 11) is 0. The second-order valence-electron chi connectivity index (χ2n) is 6.04. The number of fused-ring (bicyclic) bond motifs is 1. The lowest BCUT2D eigenvalue weighted by molar-refractivity contribution is 0.102. The lowest BCUT2D eigenvalue weighted by Crippen LogP contribution is -2.12. The Balaban J connectivity index is 1.79. The minimum atomic E-state index is -0.166. The molecule has 0 spiro atoms. The molecule has 0 aliphatic rings. The third-order valence-electron chi connectivity index (χ3n) is 3.65. The highest BCUT2D eigenvalue weighted by molar-refractivity contribution is 7.22. The van der Waals surface area contributed by atoms with E-state index < -0.39 is 0 Å². The molecule has 3 aromatic rings. The predicted molar refractivity (Wildman–Crippen MR) is 99.3 cm³/mol. The zero-order valence-electron chi connectivity index (χ0n) is 14.2. The van der Waals surface area contributed by atoms with Gasteiger partial charge in [0.25, 0.3) is 5.91 Å². The number of anilines is 1. The molecule has 4 nitrogen and oxygen atoms in total. The number of amides is 1. The second-order valence-corrected chi connectivity index (χ2v) is 7.04. The topological polar surface area (TPSA) is 51.2 Å². The Morgan fingerprint density at radius 2 is 1.75 bits per heavy atom. The average Bonchev–Trinajstić information content (AvgIpc) is 2.96. The third kappa shape index (κ3) is 3.41. The molecule has 0 atom stereocenters. The third-order valence-corrected chi connectivity index (χ3v) is 4.76. The van der Waals surface area contributed by atoms with Crippen LogP contribution in [0.15, 0.2) is 36.4 Å². The Labute approximate surface area is 145 Å². The fourth-order valence-electron chi connectivity index (χ4n) is 2.44. The van der Waals surface area contributed by atoms with E-state index in [4.69, 9.17) is 4.74 Å². The van der Waals surface area contributed by atoms with Crippen LogP contribution < -0.4 is 10.1 Å². The van der Waals surface area contributed by atoms with E-state index in [2.05, 4.69) is 29.4 Å². The molecule has 5 heteroatoms. The highest BCUT2D eigenvalue weighted by atomic mass is 32.1. The fourth-order valence-corrected chi connectivity index (χ4v) is 3.45. The molecular formula is C19H20N2O2S. The van der Waals surface area contributed by atoms with E-state index in [0.717, 1.165) is 21.5 Å². The normalized spacial score (nSPS) is 11.0. The van der Waals surface area contributed by atoms with Crippen LogP contribution in [-0.4, -0.2) is 17.0 Å². The quantitative estimate of drug-likeness (QED) is 0.731. The van der Waals surface area contributed by atoms with Crippen LogP contribution in [0.5, 0.6) is 5.75 Å². The summed E-state index contributed by atoms with van der Waals surface area (Å²) < 4.78 is 6.71. The maximum Gasteiger partial charge on any atom is 0.257 e. The van der Waals surface area contributed by atoms with Gasteiger partial charge in [-0.15, -0.1) is 0 Å². The fraction of sp³-hybridized carbons (Fsp3) is 0.263. The first kappa shape index (κ1) is 16.5. The molecule has 0 fully saturated rings. The molecule has 0 bridgehead atoms. The molecule has 0 aliphatic heterocycles. The van der Waals surface area contributed by atoms with Gasteiger partial charge < -0.3 is 4.74 Å². The van der Waals surface area contributed by atoms with Gasteiger partial charge in [0.05, 0.1) is 16.3 Å². The molecule has 1 amide bonds. The van der Waals surface area contributed by atoms with Gasteiger partial charge in [0.1, 0.15) is 5.75 Å². The van der Waals surface area contributed by atoms with Gasteiger partial charge in [-0.2, -0.15) is 0 Å². The van der Waals surface area contributed by atoms with Crippen LogP contribution in [0.1, 0.15) is 35.3 Å². The molecule has 124 valence electrons. The molecule has 2 aromatic carbocycles. The summed E-state index contributed by atoms with van der Waals surface area (Å²) >= 11 is 1.50. The number of hydrogen-bond acceptors (Lipinski definition) is 4. The maximum atomic E-state index is 12.4. The highest BCUT2D eigenvalue weighted by Crippen LogP contribution is 2.31. The molecular weight excluding hydrogens is 320 g/mol. The lowest BCUT2D eigenvalue weighted by atomic mass is 10.1. The van der Waals surface area contributed by atoms with E-state index in [1.165, 1.54) is 16.9 Å². The van der Waals surface area contributed by atoms with Crippen molar-refractivity contribution in [1.29, 1.82) is 0 Å². The monoisotopic (exact) mass is 340 g/mol. The van der Waals surface area contributed by atoms with Crippen LogP contribution in [0.2, 0.25) is 0 Å². The number of rotatable bonds is 4. The van der Waals surface area contributed by atoms with Crippen molar-refractivity contribution < 1.29 is 9.53 Å². The van der Waals surface area contributed by atoms with Gasteiger partial charge in [-0.1, -0.05) is 23.5 Å². The molecule has 3 rings (SSSR count). The number of aryl methyl sites for hydroxylation is 2. The Hall–Kier alpha value is -2.40. The van der Waals surface area contributed by atoms with E-state index >= 15 is 0 Å². The number of aromatic nitrogens is 1. The van der Waals surface area contributed by atoms with Gasteiger partial charge in [-0.05, 0) is 63.1 Å². The van der Waals surface area contributed by atoms with Crippen molar-refractivity contribution in [2.45, 2.75) is 33.8 Å². The number of carbonyl (C=O) groups is 1. The van der Waals surface area contributed by atoms with Gasteiger partial charge in [0, 0.05) is 5.56 Å². The molecule has 24 heavy (non-hydrogen) atoms. The molecule has 0 saturated heterocycles. The molecule has 0 radical (unpaired) electrons. The molecule has 1 heterocycles. The molecule has 0 saturated carbocycles. The minimum absolute atomic E-state index is 0.110. The minimum Gasteiger partial charge on any atom is -0.491 e. The number of thiazole rings is 1. The van der Waals surface area contributed by atoms with Crippen LogP contribution in [0.25, 0.3) is 10.2 Å². The summed E-state index contributed by atoms with van der Waals surface area (Å²) in [5.74, 6) is 0.591. The van der Waals surface area contributed by atoms with E-state index in [9.17, 15) is 4.79 Å². The molecule has 1 aromatic heterocycles. The number of nitrogens with zero attached hydrogens (tertiary/aromatic N) is 1. The summed E-state index contributed by atoms with van der Waals surface area (Å²) in [5.41, 5.74) is 3.82. The number of nitrogens with one attached hydrogen (secondary N) is 1. The Morgan fingerprint density at radius 3 is 2.38 bits per heavy atom. The second kappa shape index (κ2) is 6.61. The predicted octanol–water partition coefficient (Wildman–Crippen LogP) is 4.95. The standard InChI is InChI=1S/C19H20N2O2S/c1-11(2)23-15-9-7-14(8-10-15)18(22)21-19-20-16-12(3)5-6-13(4)17(16)24-19/h5-11H,1-4H3,(H,20,21,22). The van der Waals surface area contributed by atoms with E-state index in [1.54, 1.807) is 12.1 Å². The van der Waals surface area contributed by atoms with Crippen molar-refractivity contribution in [3.05, 3.63) is 53.1 Å². The van der Waals surface area contributed by atoms with Crippen molar-refractivity contribution >= 4 is 32.6 Å². The number of ether oxygens (including phenoxy) is 1. The van der Waals surface area contributed by atoms with Crippen molar-refractivity contribution in [1.82, 2.24) is 4.98 Å². The van der Waals surface area contributed by atoms with E-state index in [1.807, 2.05) is 32.9 Å². The Morgan fingerprint density at radius 1 is 1.08 bits per heavy atom. The van der Waals surface area contributed by atoms with Gasteiger partial charge in [0.2, 0.25) is 0 Å². The zero-order valence-corrected chi connectivity index (χ0v) is 15.0. The van der Waals surface area contributed by atoms with Crippen LogP contribution in [0, 0.1) is 13.8 Å². The highest BCUT2D eigenvalue weighted by Gasteiger charge is 2.12. The van der Waals surface area contributed by atoms with Crippen molar-refractivity contribution in [2.24, 2.45) is 0 Å². The Kier molecular flexibility index (Phi) is 4.53. The van der Waals surface area contributed by atoms with Gasteiger partial charge in [-0.3, -0.25) is 10.1 Å². The maximum absolute atomic E-state index is 12.4. The SMILES string of the molecule is Cc1ccc(C)c2sc(NC(=O)c3ccc(OC(C)C)cc3)nc12. The van der Waals surface area contributed by atoms with E-state index in [-0.39, 0.29) is 12.0 Å². The van der Waals surface area contributed by atoms with Gasteiger partial charge in [0.15, 0.2) is 5.13 Å². The lowest BCUT2D eigenvalue weighted by Gasteiger charge is -2.09. The summed E-state index contributed by atoms with van der Waals surface area (Å²) in [6.07, 6.45) is 0.110. The first-order chi connectivity index (χ1) is 11.4. The van der Waals surface area contributed by atoms with Gasteiger partial charge >= 0.3 is 0 Å². The molecule has 0 unspecified atom stereocenters. The van der Waals surface area contributed by atoms with E-state index in [0.29, 0.717) is 10.7 Å². The number of benzene rings is 2. The zero-order chi connectivity index (χ0) is 17.3. The first-order valence-electron chi connectivity index (χ1n) is 7.89. The van der Waals surface area contributed by atoms with Crippen LogP contribution in [0.3, 0.4) is 0 Å². The first-order valence-corrected chi connectivity index (χ1v) is 8.70. The smallest absolute Gasteiger partial charge is 0.257 e. The summed E-state index contributed by atoms with van der Waals surface area (Å²) in [4.78, 5) is 17.0. The molecule has 1 N–H and O–H groups in total. The number of hydrogen-bond donors (Lipinski definition) is 1. The van der Waals surface area contributed by atoms with Crippen molar-refractivity contribution in [3.8, 4) is 5.75 Å². The largest absolute Gasteiger partial charge is 0.491 e. The average molecular weight is 340 g/mol. The Bertz CT molecular complexity index is 843. The van der Waals surface area contributed by atoms with Crippen LogP contribution in [0.4, 0.5) is 5.13 Å². The van der Waals surface area contributed by atoms with Crippen molar-refractivity contribution in [3.63, 3.8) is 0 Å². The molecule has 0 aliphatic carbocycles. The van der Waals surface area contributed by atoms with Crippen LogP contribution in [-0.2, 0) is 0 Å². The van der Waals surface area contributed by atoms with Gasteiger partial charge in [-0.25, -0.2) is 4.98 Å². The van der Waals surface area contributed by atoms with Crippen LogP contribution >= 0.6 is 11.3 Å². The summed E-state index contributed by atoms with van der Waals surface area (Å²) in [5, 5.41) is 3.51. The summed E-state index contributed by atoms with van der Waals surface area (Å²) in [6, 6.07) is 11.3. The number of carbonyl (C=O) groups excluding carboxylic acids is 1. The van der Waals surface area contributed by atoms with Crippen molar-refractivity contribution in [2.75, 3.05) is 5.32 Å².